The number of ether oxygens (including phenoxy) is 1. The summed E-state index contributed by atoms with van der Waals surface area (Å²) in [6.07, 6.45) is 0.679. The quantitative estimate of drug-likeness (QED) is 0.341. The van der Waals surface area contributed by atoms with Gasteiger partial charge in [0.25, 0.3) is 0 Å². The molecule has 30 heavy (non-hydrogen) atoms. The average molecular weight is 533 g/mol. The van der Waals surface area contributed by atoms with Crippen molar-refractivity contribution in [3.05, 3.63) is 70.8 Å². The SMILES string of the molecule is CCCOC(=O)CN1C(=O)[C@H]2[C@H](C1=O)C1(Br)c3ccccc3C2(Br)c2ccccc21. The van der Waals surface area contributed by atoms with Crippen molar-refractivity contribution in [1.82, 2.24) is 4.90 Å². The van der Waals surface area contributed by atoms with Crippen molar-refractivity contribution in [2.24, 2.45) is 11.8 Å². The Morgan fingerprint density at radius 3 is 1.67 bits per heavy atom. The summed E-state index contributed by atoms with van der Waals surface area (Å²) in [5, 5.41) is 0. The average Bonchev–Trinajstić information content (AvgIpc) is 3.02. The predicted molar refractivity (Wildman–Crippen MR) is 117 cm³/mol. The van der Waals surface area contributed by atoms with Gasteiger partial charge in [0.15, 0.2) is 0 Å². The van der Waals surface area contributed by atoms with Crippen molar-refractivity contribution >= 4 is 49.6 Å². The van der Waals surface area contributed by atoms with Gasteiger partial charge < -0.3 is 4.74 Å². The zero-order valence-electron chi connectivity index (χ0n) is 16.2. The molecule has 2 aromatic rings. The lowest BCUT2D eigenvalue weighted by Crippen LogP contribution is -2.56. The Morgan fingerprint density at radius 1 is 0.900 bits per heavy atom. The molecule has 0 spiro atoms. The zero-order valence-corrected chi connectivity index (χ0v) is 19.4. The molecule has 7 heteroatoms. The van der Waals surface area contributed by atoms with Gasteiger partial charge in [-0.05, 0) is 28.7 Å². The number of rotatable bonds is 4. The van der Waals surface area contributed by atoms with Crippen molar-refractivity contribution in [2.75, 3.05) is 13.2 Å². The summed E-state index contributed by atoms with van der Waals surface area (Å²) in [4.78, 5) is 40.4. The Hall–Kier alpha value is -1.99. The van der Waals surface area contributed by atoms with E-state index in [4.69, 9.17) is 4.74 Å². The first-order chi connectivity index (χ1) is 14.4. The molecule has 0 saturated carbocycles. The van der Waals surface area contributed by atoms with Crippen molar-refractivity contribution in [3.8, 4) is 0 Å². The number of carbonyl (C=O) groups excluding carboxylic acids is 3. The van der Waals surface area contributed by atoms with Crippen LogP contribution in [0.1, 0.15) is 35.6 Å². The number of nitrogens with zero attached hydrogens (tertiary/aromatic N) is 1. The van der Waals surface area contributed by atoms with Crippen molar-refractivity contribution < 1.29 is 19.1 Å². The van der Waals surface area contributed by atoms with Crippen LogP contribution in [0, 0.1) is 11.8 Å². The number of carbonyl (C=O) groups is 3. The Bertz CT molecular complexity index is 977. The molecule has 2 aromatic carbocycles. The molecule has 1 heterocycles. The van der Waals surface area contributed by atoms with Crippen molar-refractivity contribution in [3.63, 3.8) is 0 Å². The van der Waals surface area contributed by atoms with Gasteiger partial charge in [0.1, 0.15) is 6.54 Å². The van der Waals surface area contributed by atoms with Gasteiger partial charge in [-0.1, -0.05) is 87.3 Å². The minimum atomic E-state index is -0.838. The van der Waals surface area contributed by atoms with E-state index >= 15 is 0 Å². The summed E-state index contributed by atoms with van der Waals surface area (Å²) in [5.41, 5.74) is 3.88. The highest BCUT2D eigenvalue weighted by Crippen LogP contribution is 2.70. The number of halogens is 2. The van der Waals surface area contributed by atoms with E-state index in [1.165, 1.54) is 0 Å². The van der Waals surface area contributed by atoms with Gasteiger partial charge in [0, 0.05) is 0 Å². The number of likely N-dealkylation sites (tertiary alicyclic amines) is 1. The predicted octanol–water partition coefficient (Wildman–Crippen LogP) is 3.85. The van der Waals surface area contributed by atoms with Gasteiger partial charge in [-0.25, -0.2) is 0 Å². The minimum Gasteiger partial charge on any atom is -0.464 e. The highest BCUT2D eigenvalue weighted by molar-refractivity contribution is 9.10. The molecule has 1 fully saturated rings. The van der Waals surface area contributed by atoms with Gasteiger partial charge in [-0.3, -0.25) is 19.3 Å². The Labute approximate surface area is 191 Å². The maximum atomic E-state index is 13.6. The zero-order chi connectivity index (χ0) is 21.3. The van der Waals surface area contributed by atoms with Crippen LogP contribution in [-0.2, 0) is 27.8 Å². The molecule has 1 aliphatic heterocycles. The van der Waals surface area contributed by atoms with Crippen LogP contribution in [0.2, 0.25) is 0 Å². The van der Waals surface area contributed by atoms with Crippen LogP contribution in [0.15, 0.2) is 48.5 Å². The molecule has 2 amide bonds. The second-order valence-corrected chi connectivity index (χ2v) is 10.5. The molecule has 2 bridgehead atoms. The molecule has 154 valence electrons. The van der Waals surface area contributed by atoms with Crippen LogP contribution in [0.3, 0.4) is 0 Å². The van der Waals surface area contributed by atoms with Gasteiger partial charge in [-0.2, -0.15) is 0 Å². The van der Waals surface area contributed by atoms with E-state index in [2.05, 4.69) is 31.9 Å². The number of imide groups is 1. The van der Waals surface area contributed by atoms with Crippen LogP contribution in [0.25, 0.3) is 0 Å². The van der Waals surface area contributed by atoms with Crippen LogP contribution in [0.5, 0.6) is 0 Å². The molecule has 2 atom stereocenters. The van der Waals surface area contributed by atoms with Gasteiger partial charge in [0.2, 0.25) is 11.8 Å². The Balaban J connectivity index is 1.68. The summed E-state index contributed by atoms with van der Waals surface area (Å²) in [7, 11) is 0. The highest BCUT2D eigenvalue weighted by atomic mass is 79.9. The fraction of sp³-hybridized carbons (Fsp3) is 0.348. The third kappa shape index (κ3) is 2.31. The minimum absolute atomic E-state index is 0.267. The fourth-order valence-corrected chi connectivity index (χ4v) is 7.57. The van der Waals surface area contributed by atoms with E-state index in [0.29, 0.717) is 6.42 Å². The molecule has 3 aliphatic carbocycles. The summed E-state index contributed by atoms with van der Waals surface area (Å²) in [6.45, 7) is 1.80. The highest BCUT2D eigenvalue weighted by Gasteiger charge is 2.72. The molecule has 0 radical (unpaired) electrons. The maximum absolute atomic E-state index is 13.6. The molecule has 0 N–H and O–H groups in total. The van der Waals surface area contributed by atoms with E-state index < -0.39 is 26.5 Å². The summed E-state index contributed by atoms with van der Waals surface area (Å²) < 4.78 is 3.46. The monoisotopic (exact) mass is 531 g/mol. The van der Waals surface area contributed by atoms with Gasteiger partial charge in [-0.15, -0.1) is 0 Å². The molecule has 5 nitrogen and oxygen atoms in total. The van der Waals surface area contributed by atoms with Crippen molar-refractivity contribution in [2.45, 2.75) is 22.0 Å². The lowest BCUT2D eigenvalue weighted by molar-refractivity contribution is -0.153. The third-order valence-electron chi connectivity index (χ3n) is 6.43. The van der Waals surface area contributed by atoms with Crippen LogP contribution in [0.4, 0.5) is 0 Å². The first-order valence-corrected chi connectivity index (χ1v) is 11.5. The smallest absolute Gasteiger partial charge is 0.326 e. The molecule has 0 aromatic heterocycles. The molecule has 6 rings (SSSR count). The van der Waals surface area contributed by atoms with Crippen molar-refractivity contribution in [1.29, 1.82) is 0 Å². The second-order valence-electron chi connectivity index (χ2n) is 7.95. The standard InChI is InChI=1S/C23H19Br2NO4/c1-2-11-30-17(27)12-26-20(28)18-19(21(26)29)23(25)14-8-4-3-7-13(14)22(18,24)15-9-5-6-10-16(15)23/h3-10,18-19H,2,11-12H2,1H3/t18-,19-,22?,23?/m1/s1. The third-order valence-corrected chi connectivity index (χ3v) is 9.13. The van der Waals surface area contributed by atoms with E-state index in [9.17, 15) is 14.4 Å². The molecule has 4 aliphatic rings. The largest absolute Gasteiger partial charge is 0.464 e. The van der Waals surface area contributed by atoms with Crippen LogP contribution >= 0.6 is 31.9 Å². The molecule has 1 saturated heterocycles. The fourth-order valence-electron chi connectivity index (χ4n) is 5.27. The van der Waals surface area contributed by atoms with Crippen LogP contribution in [-0.4, -0.2) is 35.8 Å². The molecular weight excluding hydrogens is 514 g/mol. The number of hydrogen-bond donors (Lipinski definition) is 0. The number of benzene rings is 2. The van der Waals surface area contributed by atoms with Gasteiger partial charge in [0.05, 0.1) is 27.1 Å². The maximum Gasteiger partial charge on any atom is 0.326 e. The first kappa shape index (κ1) is 19.9. The lowest BCUT2D eigenvalue weighted by Gasteiger charge is -2.55. The summed E-state index contributed by atoms with van der Waals surface area (Å²) >= 11 is 7.86. The summed E-state index contributed by atoms with van der Waals surface area (Å²) in [5.74, 6) is -2.57. The number of hydrogen-bond acceptors (Lipinski definition) is 4. The normalized spacial score (nSPS) is 30.7. The van der Waals surface area contributed by atoms with E-state index in [-0.39, 0.29) is 25.0 Å². The Morgan fingerprint density at radius 2 is 1.30 bits per heavy atom. The molecule has 0 unspecified atom stereocenters. The lowest BCUT2D eigenvalue weighted by atomic mass is 9.54. The van der Waals surface area contributed by atoms with E-state index in [0.717, 1.165) is 27.2 Å². The van der Waals surface area contributed by atoms with E-state index in [1.807, 2.05) is 55.5 Å². The first-order valence-electron chi connectivity index (χ1n) is 9.95. The topological polar surface area (TPSA) is 63.7 Å². The number of esters is 1. The summed E-state index contributed by atoms with van der Waals surface area (Å²) in [6, 6.07) is 15.8. The van der Waals surface area contributed by atoms with Gasteiger partial charge >= 0.3 is 5.97 Å². The number of alkyl halides is 2. The Kier molecular flexibility index (Phi) is 4.49. The van der Waals surface area contributed by atoms with Crippen LogP contribution < -0.4 is 0 Å². The number of amides is 2. The second kappa shape index (κ2) is 6.76. The molecular formula is C23H19Br2NO4. The van der Waals surface area contributed by atoms with E-state index in [1.54, 1.807) is 0 Å².